The third-order valence-corrected chi connectivity index (χ3v) is 2.55. The highest BCUT2D eigenvalue weighted by atomic mass is 19.4. The Morgan fingerprint density at radius 2 is 1.61 bits per heavy atom. The Morgan fingerprint density at radius 3 is 2.22 bits per heavy atom. The number of halogens is 3. The van der Waals surface area contributed by atoms with Gasteiger partial charge in [-0.2, -0.15) is 13.2 Å². The number of alkyl halides is 3. The van der Waals surface area contributed by atoms with Crippen LogP contribution in [-0.4, -0.2) is 5.11 Å². The SMILES string of the molecule is Nc1ccc(-c2cccc(C(F)(F)F)c2)cc1O. The number of hydrogen-bond donors (Lipinski definition) is 2. The Morgan fingerprint density at radius 1 is 0.944 bits per heavy atom. The molecule has 5 heteroatoms. The summed E-state index contributed by atoms with van der Waals surface area (Å²) in [5.74, 6) is -0.148. The van der Waals surface area contributed by atoms with E-state index in [-0.39, 0.29) is 11.4 Å². The first-order valence-electron chi connectivity index (χ1n) is 5.14. The lowest BCUT2D eigenvalue weighted by Crippen LogP contribution is -2.04. The largest absolute Gasteiger partial charge is 0.506 e. The maximum Gasteiger partial charge on any atom is 0.416 e. The first kappa shape index (κ1) is 12.3. The molecule has 0 amide bonds. The van der Waals surface area contributed by atoms with E-state index in [1.165, 1.54) is 18.2 Å². The summed E-state index contributed by atoms with van der Waals surface area (Å²) in [6.07, 6.45) is -4.38. The minimum atomic E-state index is -4.38. The van der Waals surface area contributed by atoms with Crippen LogP contribution in [0.2, 0.25) is 0 Å². The fraction of sp³-hybridized carbons (Fsp3) is 0.0769. The van der Waals surface area contributed by atoms with E-state index in [9.17, 15) is 18.3 Å². The van der Waals surface area contributed by atoms with Crippen LogP contribution in [0.3, 0.4) is 0 Å². The van der Waals surface area contributed by atoms with Gasteiger partial charge in [0.05, 0.1) is 11.3 Å². The van der Waals surface area contributed by atoms with E-state index in [2.05, 4.69) is 0 Å². The van der Waals surface area contributed by atoms with Crippen LogP contribution in [0.5, 0.6) is 5.75 Å². The minimum absolute atomic E-state index is 0.148. The lowest BCUT2D eigenvalue weighted by molar-refractivity contribution is -0.137. The van der Waals surface area contributed by atoms with Crippen LogP contribution in [0.1, 0.15) is 5.56 Å². The van der Waals surface area contributed by atoms with Gasteiger partial charge in [0, 0.05) is 0 Å². The van der Waals surface area contributed by atoms with Gasteiger partial charge in [-0.25, -0.2) is 0 Å². The Balaban J connectivity index is 2.48. The number of benzene rings is 2. The van der Waals surface area contributed by atoms with Gasteiger partial charge in [-0.05, 0) is 35.4 Å². The molecular weight excluding hydrogens is 243 g/mol. The Labute approximate surface area is 101 Å². The smallest absolute Gasteiger partial charge is 0.416 e. The van der Waals surface area contributed by atoms with E-state index < -0.39 is 11.7 Å². The zero-order chi connectivity index (χ0) is 13.3. The van der Waals surface area contributed by atoms with Gasteiger partial charge in [-0.1, -0.05) is 18.2 Å². The molecular formula is C13H10F3NO. The molecule has 2 aromatic rings. The van der Waals surface area contributed by atoms with Crippen molar-refractivity contribution in [1.82, 2.24) is 0 Å². The monoisotopic (exact) mass is 253 g/mol. The second kappa shape index (κ2) is 4.25. The average Bonchev–Trinajstić information content (AvgIpc) is 2.32. The van der Waals surface area contributed by atoms with Crippen LogP contribution >= 0.6 is 0 Å². The number of anilines is 1. The summed E-state index contributed by atoms with van der Waals surface area (Å²) in [6, 6.07) is 9.25. The first-order valence-corrected chi connectivity index (χ1v) is 5.14. The molecule has 2 nitrogen and oxygen atoms in total. The van der Waals surface area contributed by atoms with Gasteiger partial charge < -0.3 is 10.8 Å². The lowest BCUT2D eigenvalue weighted by atomic mass is 10.0. The highest BCUT2D eigenvalue weighted by molar-refractivity contribution is 5.70. The Bertz CT molecular complexity index is 579. The normalized spacial score (nSPS) is 11.5. The second-order valence-corrected chi connectivity index (χ2v) is 3.85. The number of nitrogen functional groups attached to an aromatic ring is 1. The molecule has 3 N–H and O–H groups in total. The van der Waals surface area contributed by atoms with E-state index >= 15 is 0 Å². The number of hydrogen-bond acceptors (Lipinski definition) is 2. The van der Waals surface area contributed by atoms with Crippen molar-refractivity contribution in [3.05, 3.63) is 48.0 Å². The minimum Gasteiger partial charge on any atom is -0.506 e. The molecule has 0 aliphatic carbocycles. The number of phenols is 1. The van der Waals surface area contributed by atoms with E-state index in [1.807, 2.05) is 0 Å². The molecule has 18 heavy (non-hydrogen) atoms. The molecule has 0 fully saturated rings. The molecule has 0 radical (unpaired) electrons. The van der Waals surface area contributed by atoms with Crippen LogP contribution in [0.4, 0.5) is 18.9 Å². The Hall–Kier alpha value is -2.17. The topological polar surface area (TPSA) is 46.2 Å². The van der Waals surface area contributed by atoms with Gasteiger partial charge in [-0.3, -0.25) is 0 Å². The van der Waals surface area contributed by atoms with Crippen LogP contribution < -0.4 is 5.73 Å². The van der Waals surface area contributed by atoms with Crippen molar-refractivity contribution >= 4 is 5.69 Å². The van der Waals surface area contributed by atoms with Crippen molar-refractivity contribution in [2.24, 2.45) is 0 Å². The van der Waals surface area contributed by atoms with Crippen LogP contribution in [0.25, 0.3) is 11.1 Å². The zero-order valence-electron chi connectivity index (χ0n) is 9.20. The summed E-state index contributed by atoms with van der Waals surface area (Å²) >= 11 is 0. The Kier molecular flexibility index (Phi) is 2.90. The van der Waals surface area contributed by atoms with Gasteiger partial charge in [0.25, 0.3) is 0 Å². The van der Waals surface area contributed by atoms with Gasteiger partial charge in [0.2, 0.25) is 0 Å². The highest BCUT2D eigenvalue weighted by Crippen LogP contribution is 2.33. The third-order valence-electron chi connectivity index (χ3n) is 2.55. The molecule has 94 valence electrons. The van der Waals surface area contributed by atoms with Crippen molar-refractivity contribution in [2.45, 2.75) is 6.18 Å². The third kappa shape index (κ3) is 2.40. The number of aromatic hydroxyl groups is 1. The molecule has 0 atom stereocenters. The fourth-order valence-corrected chi connectivity index (χ4v) is 1.60. The molecule has 0 spiro atoms. The average molecular weight is 253 g/mol. The molecule has 0 aliphatic heterocycles. The maximum atomic E-state index is 12.6. The van der Waals surface area contributed by atoms with Crippen molar-refractivity contribution < 1.29 is 18.3 Å². The number of phenolic OH excluding ortho intramolecular Hbond substituents is 1. The van der Waals surface area contributed by atoms with Crippen LogP contribution in [0, 0.1) is 0 Å². The molecule has 2 aromatic carbocycles. The molecule has 0 bridgehead atoms. The van der Waals surface area contributed by atoms with Crippen molar-refractivity contribution in [3.63, 3.8) is 0 Å². The summed E-state index contributed by atoms with van der Waals surface area (Å²) in [4.78, 5) is 0. The summed E-state index contributed by atoms with van der Waals surface area (Å²) in [5.41, 5.74) is 5.75. The standard InChI is InChI=1S/C13H10F3NO/c14-13(15,16)10-3-1-2-8(6-10)9-4-5-11(17)12(18)7-9/h1-7,18H,17H2. The predicted molar refractivity (Wildman–Crippen MR) is 63.0 cm³/mol. The van der Waals surface area contributed by atoms with E-state index in [0.717, 1.165) is 12.1 Å². The molecule has 0 saturated carbocycles. The first-order chi connectivity index (χ1) is 8.38. The number of rotatable bonds is 1. The summed E-state index contributed by atoms with van der Waals surface area (Å²) < 4.78 is 37.7. The summed E-state index contributed by atoms with van der Waals surface area (Å²) in [5, 5.41) is 9.44. The highest BCUT2D eigenvalue weighted by Gasteiger charge is 2.30. The molecule has 2 rings (SSSR count). The van der Waals surface area contributed by atoms with Gasteiger partial charge in [0.15, 0.2) is 0 Å². The van der Waals surface area contributed by atoms with E-state index in [4.69, 9.17) is 5.73 Å². The predicted octanol–water partition coefficient (Wildman–Crippen LogP) is 3.66. The quantitative estimate of drug-likeness (QED) is 0.601. The number of nitrogens with two attached hydrogens (primary N) is 1. The summed E-state index contributed by atoms with van der Waals surface area (Å²) in [6.45, 7) is 0. The van der Waals surface area contributed by atoms with Crippen molar-refractivity contribution in [2.75, 3.05) is 5.73 Å². The zero-order valence-corrected chi connectivity index (χ0v) is 9.20. The van der Waals surface area contributed by atoms with E-state index in [1.54, 1.807) is 12.1 Å². The van der Waals surface area contributed by atoms with Crippen LogP contribution in [-0.2, 0) is 6.18 Å². The van der Waals surface area contributed by atoms with Gasteiger partial charge >= 0.3 is 6.18 Å². The molecule has 0 heterocycles. The maximum absolute atomic E-state index is 12.6. The molecule has 0 saturated heterocycles. The second-order valence-electron chi connectivity index (χ2n) is 3.85. The molecule has 0 aliphatic rings. The lowest BCUT2D eigenvalue weighted by Gasteiger charge is -2.09. The summed E-state index contributed by atoms with van der Waals surface area (Å²) in [7, 11) is 0. The molecule has 0 aromatic heterocycles. The van der Waals surface area contributed by atoms with Crippen molar-refractivity contribution in [1.29, 1.82) is 0 Å². The van der Waals surface area contributed by atoms with Crippen molar-refractivity contribution in [3.8, 4) is 16.9 Å². The van der Waals surface area contributed by atoms with E-state index in [0.29, 0.717) is 11.1 Å². The molecule has 0 unspecified atom stereocenters. The van der Waals surface area contributed by atoms with Crippen LogP contribution in [0.15, 0.2) is 42.5 Å². The van der Waals surface area contributed by atoms with Gasteiger partial charge in [0.1, 0.15) is 5.75 Å². The van der Waals surface area contributed by atoms with Gasteiger partial charge in [-0.15, -0.1) is 0 Å². The fourth-order valence-electron chi connectivity index (χ4n) is 1.60.